The van der Waals surface area contributed by atoms with E-state index in [1.54, 1.807) is 6.92 Å². The van der Waals surface area contributed by atoms with Crippen molar-refractivity contribution in [3.05, 3.63) is 52.6 Å². The summed E-state index contributed by atoms with van der Waals surface area (Å²) >= 11 is 0.636. The number of amides is 2. The van der Waals surface area contributed by atoms with Crippen LogP contribution in [-0.4, -0.2) is 34.7 Å². The van der Waals surface area contributed by atoms with E-state index in [4.69, 9.17) is 9.15 Å². The van der Waals surface area contributed by atoms with Crippen LogP contribution in [0, 0.1) is 0 Å². The van der Waals surface area contributed by atoms with E-state index < -0.39 is 35.4 Å². The van der Waals surface area contributed by atoms with Gasteiger partial charge in [-0.1, -0.05) is 19.1 Å². The van der Waals surface area contributed by atoms with Gasteiger partial charge in [0.25, 0.3) is 11.1 Å². The van der Waals surface area contributed by atoms with Gasteiger partial charge in [-0.2, -0.15) is 13.2 Å². The van der Waals surface area contributed by atoms with Crippen LogP contribution in [0.25, 0.3) is 17.4 Å². The van der Waals surface area contributed by atoms with E-state index in [0.29, 0.717) is 18.2 Å². The lowest BCUT2D eigenvalue weighted by Gasteiger charge is -2.14. The molecule has 2 heterocycles. The third-order valence-electron chi connectivity index (χ3n) is 4.44. The van der Waals surface area contributed by atoms with Crippen molar-refractivity contribution in [3.63, 3.8) is 0 Å². The van der Waals surface area contributed by atoms with Crippen molar-refractivity contribution >= 4 is 35.0 Å². The summed E-state index contributed by atoms with van der Waals surface area (Å²) in [4.78, 5) is 37.3. The number of imide groups is 1. The fourth-order valence-corrected chi connectivity index (χ4v) is 3.49. The largest absolute Gasteiger partial charge is 0.461 e. The number of carbonyl (C=O) groups excluding carboxylic acids is 3. The average molecular weight is 453 g/mol. The second kappa shape index (κ2) is 9.01. The second-order valence-corrected chi connectivity index (χ2v) is 7.75. The molecule has 0 unspecified atom stereocenters. The van der Waals surface area contributed by atoms with Crippen molar-refractivity contribution in [2.75, 3.05) is 6.54 Å². The molecule has 6 nitrogen and oxygen atoms in total. The topological polar surface area (TPSA) is 76.8 Å². The predicted octanol–water partition coefficient (Wildman–Crippen LogP) is 5.34. The maximum Gasteiger partial charge on any atom is 0.416 e. The first-order chi connectivity index (χ1) is 14.6. The van der Waals surface area contributed by atoms with Gasteiger partial charge in [-0.3, -0.25) is 19.3 Å². The SMILES string of the molecule is CC[C@@H](C)OC(=O)CN1C(=O)S/C(=C/c2ccc(-c3cccc(C(F)(F)F)c3)o2)C1=O. The van der Waals surface area contributed by atoms with E-state index in [2.05, 4.69) is 0 Å². The Kier molecular flexibility index (Phi) is 6.59. The van der Waals surface area contributed by atoms with Crippen LogP contribution in [0.1, 0.15) is 31.6 Å². The van der Waals surface area contributed by atoms with Crippen molar-refractivity contribution in [2.45, 2.75) is 32.5 Å². The molecule has 1 aliphatic rings. The Balaban J connectivity index is 1.75. The number of halogens is 3. The van der Waals surface area contributed by atoms with Gasteiger partial charge in [0.2, 0.25) is 0 Å². The molecule has 1 fully saturated rings. The number of esters is 1. The van der Waals surface area contributed by atoms with Crippen LogP contribution in [0.4, 0.5) is 18.0 Å². The number of hydrogen-bond donors (Lipinski definition) is 0. The number of benzene rings is 1. The number of thioether (sulfide) groups is 1. The fourth-order valence-electron chi connectivity index (χ4n) is 2.67. The van der Waals surface area contributed by atoms with Crippen LogP contribution < -0.4 is 0 Å². The molecule has 1 aromatic carbocycles. The maximum absolute atomic E-state index is 12.9. The van der Waals surface area contributed by atoms with Crippen molar-refractivity contribution in [1.29, 1.82) is 0 Å². The molecule has 2 aromatic rings. The summed E-state index contributed by atoms with van der Waals surface area (Å²) in [6, 6.07) is 7.59. The molecule has 164 valence electrons. The van der Waals surface area contributed by atoms with Crippen LogP contribution in [0.15, 0.2) is 45.7 Å². The molecule has 0 radical (unpaired) electrons. The van der Waals surface area contributed by atoms with Crippen LogP contribution in [0.2, 0.25) is 0 Å². The fraction of sp³-hybridized carbons (Fsp3) is 0.286. The molecule has 0 bridgehead atoms. The van der Waals surface area contributed by atoms with E-state index in [1.807, 2.05) is 6.92 Å². The average Bonchev–Trinajstić information content (AvgIpc) is 3.28. The van der Waals surface area contributed by atoms with Gasteiger partial charge in [-0.15, -0.1) is 0 Å². The quantitative estimate of drug-likeness (QED) is 0.434. The molecule has 10 heteroatoms. The van der Waals surface area contributed by atoms with Crippen LogP contribution in [0.3, 0.4) is 0 Å². The lowest BCUT2D eigenvalue weighted by atomic mass is 10.1. The lowest BCUT2D eigenvalue weighted by Crippen LogP contribution is -2.35. The van der Waals surface area contributed by atoms with Crippen LogP contribution in [-0.2, 0) is 20.5 Å². The zero-order chi connectivity index (χ0) is 22.8. The summed E-state index contributed by atoms with van der Waals surface area (Å²) in [5.74, 6) is -1.01. The Hall–Kier alpha value is -3.01. The van der Waals surface area contributed by atoms with E-state index in [1.165, 1.54) is 30.3 Å². The maximum atomic E-state index is 12.9. The van der Waals surface area contributed by atoms with Gasteiger partial charge in [0.15, 0.2) is 0 Å². The molecule has 1 aromatic heterocycles. The van der Waals surface area contributed by atoms with Gasteiger partial charge in [0.05, 0.1) is 16.6 Å². The van der Waals surface area contributed by atoms with Crippen molar-refractivity contribution < 1.29 is 36.7 Å². The van der Waals surface area contributed by atoms with Crippen molar-refractivity contribution in [2.24, 2.45) is 0 Å². The molecule has 2 amide bonds. The highest BCUT2D eigenvalue weighted by Gasteiger charge is 2.37. The first-order valence-corrected chi connectivity index (χ1v) is 10.1. The molecular weight excluding hydrogens is 435 g/mol. The predicted molar refractivity (Wildman–Crippen MR) is 108 cm³/mol. The first-order valence-electron chi connectivity index (χ1n) is 9.30. The van der Waals surface area contributed by atoms with Crippen molar-refractivity contribution in [1.82, 2.24) is 4.90 Å². The number of alkyl halides is 3. The Labute approximate surface area is 180 Å². The molecule has 0 spiro atoms. The highest BCUT2D eigenvalue weighted by molar-refractivity contribution is 8.18. The van der Waals surface area contributed by atoms with Gasteiger partial charge < -0.3 is 9.15 Å². The molecule has 1 saturated heterocycles. The summed E-state index contributed by atoms with van der Waals surface area (Å²) in [5, 5.41) is -0.623. The van der Waals surface area contributed by atoms with Gasteiger partial charge in [-0.25, -0.2) is 0 Å². The normalized spacial score (nSPS) is 16.8. The minimum Gasteiger partial charge on any atom is -0.461 e. The van der Waals surface area contributed by atoms with Crippen LogP contribution >= 0.6 is 11.8 Å². The summed E-state index contributed by atoms with van der Waals surface area (Å²) in [7, 11) is 0. The molecule has 1 aliphatic heterocycles. The van der Waals surface area contributed by atoms with Gasteiger partial charge in [0.1, 0.15) is 18.1 Å². The Bertz CT molecular complexity index is 1040. The second-order valence-electron chi connectivity index (χ2n) is 6.76. The Morgan fingerprint density at radius 2 is 2.00 bits per heavy atom. The van der Waals surface area contributed by atoms with Crippen LogP contribution in [0.5, 0.6) is 0 Å². The highest BCUT2D eigenvalue weighted by Crippen LogP contribution is 2.35. The number of carbonyl (C=O) groups is 3. The summed E-state index contributed by atoms with van der Waals surface area (Å²) in [5.41, 5.74) is -0.594. The zero-order valence-corrected chi connectivity index (χ0v) is 17.4. The molecule has 3 rings (SSSR count). The Morgan fingerprint density at radius 1 is 1.26 bits per heavy atom. The molecular formula is C21H18F3NO5S. The molecule has 31 heavy (non-hydrogen) atoms. The van der Waals surface area contributed by atoms with E-state index in [-0.39, 0.29) is 28.1 Å². The van der Waals surface area contributed by atoms with E-state index >= 15 is 0 Å². The number of hydrogen-bond acceptors (Lipinski definition) is 6. The smallest absolute Gasteiger partial charge is 0.416 e. The number of nitrogens with zero attached hydrogens (tertiary/aromatic N) is 1. The van der Waals surface area contributed by atoms with E-state index in [0.717, 1.165) is 17.0 Å². The van der Waals surface area contributed by atoms with E-state index in [9.17, 15) is 27.6 Å². The summed E-state index contributed by atoms with van der Waals surface area (Å²) < 4.78 is 49.3. The monoisotopic (exact) mass is 453 g/mol. The Morgan fingerprint density at radius 3 is 2.68 bits per heavy atom. The molecule has 0 N–H and O–H groups in total. The van der Waals surface area contributed by atoms with Gasteiger partial charge in [0, 0.05) is 11.6 Å². The summed E-state index contributed by atoms with van der Waals surface area (Å²) in [6.45, 7) is 3.03. The molecule has 0 saturated carbocycles. The number of ether oxygens (including phenoxy) is 1. The lowest BCUT2D eigenvalue weighted by molar-refractivity contribution is -0.150. The summed E-state index contributed by atoms with van der Waals surface area (Å²) in [6.07, 6.45) is -2.91. The third-order valence-corrected chi connectivity index (χ3v) is 5.35. The first kappa shape index (κ1) is 22.7. The minimum absolute atomic E-state index is 0.0336. The number of furan rings is 1. The molecule has 0 aliphatic carbocycles. The number of rotatable bonds is 6. The van der Waals surface area contributed by atoms with Gasteiger partial charge in [-0.05, 0) is 49.4 Å². The highest BCUT2D eigenvalue weighted by atomic mass is 32.2. The minimum atomic E-state index is -4.49. The molecule has 1 atom stereocenters. The standard InChI is InChI=1S/C21H18F3NO5S/c1-3-12(2)29-18(26)11-25-19(27)17(31-20(25)28)10-15-7-8-16(30-15)13-5-4-6-14(9-13)21(22,23)24/h4-10,12H,3,11H2,1-2H3/b17-10+/t12-/m1/s1. The zero-order valence-electron chi connectivity index (χ0n) is 16.6. The van der Waals surface area contributed by atoms with Crippen molar-refractivity contribution in [3.8, 4) is 11.3 Å². The third kappa shape index (κ3) is 5.38. The van der Waals surface area contributed by atoms with Gasteiger partial charge >= 0.3 is 12.1 Å².